The summed E-state index contributed by atoms with van der Waals surface area (Å²) in [6.45, 7) is 0. The number of benzene rings is 2. The molecule has 0 fully saturated rings. The number of carbonyl (C=O) groups is 1. The lowest BCUT2D eigenvalue weighted by Gasteiger charge is -2.04. The first-order valence-corrected chi connectivity index (χ1v) is 8.41. The first-order valence-electron chi connectivity index (χ1n) is 7.42. The van der Waals surface area contributed by atoms with Crippen LogP contribution in [0.25, 0.3) is 0 Å². The SMILES string of the molecule is Cn1nnnc1SCC(=O)Nc1ccc(N=Nc2ccccc2)cc1. The van der Waals surface area contributed by atoms with Gasteiger partial charge in [-0.3, -0.25) is 4.79 Å². The van der Waals surface area contributed by atoms with Gasteiger partial charge in [0.2, 0.25) is 11.1 Å². The number of carbonyl (C=O) groups excluding carboxylic acids is 1. The second-order valence-corrected chi connectivity index (χ2v) is 5.95. The Morgan fingerprint density at radius 1 is 1.08 bits per heavy atom. The minimum atomic E-state index is -0.133. The van der Waals surface area contributed by atoms with Gasteiger partial charge in [-0.1, -0.05) is 30.0 Å². The highest BCUT2D eigenvalue weighted by molar-refractivity contribution is 7.99. The topological polar surface area (TPSA) is 97.4 Å². The van der Waals surface area contributed by atoms with Gasteiger partial charge >= 0.3 is 0 Å². The Bertz CT molecular complexity index is 862. The first-order chi connectivity index (χ1) is 12.2. The first kappa shape index (κ1) is 16.8. The number of nitrogens with one attached hydrogen (secondary N) is 1. The molecule has 1 aromatic heterocycles. The van der Waals surface area contributed by atoms with Gasteiger partial charge in [-0.25, -0.2) is 4.68 Å². The Balaban J connectivity index is 1.52. The van der Waals surface area contributed by atoms with E-state index in [1.165, 1.54) is 16.4 Å². The van der Waals surface area contributed by atoms with Gasteiger partial charge in [0.15, 0.2) is 0 Å². The summed E-state index contributed by atoms with van der Waals surface area (Å²) in [5.74, 6) is 0.0932. The van der Waals surface area contributed by atoms with Crippen LogP contribution in [0.15, 0.2) is 70.0 Å². The van der Waals surface area contributed by atoms with Gasteiger partial charge in [-0.2, -0.15) is 10.2 Å². The number of tetrazole rings is 1. The minimum absolute atomic E-state index is 0.133. The molecule has 1 amide bonds. The zero-order valence-electron chi connectivity index (χ0n) is 13.4. The van der Waals surface area contributed by atoms with E-state index >= 15 is 0 Å². The highest BCUT2D eigenvalue weighted by Gasteiger charge is 2.08. The van der Waals surface area contributed by atoms with Crippen LogP contribution in [0.2, 0.25) is 0 Å². The molecule has 1 heterocycles. The van der Waals surface area contributed by atoms with Crippen molar-refractivity contribution < 1.29 is 4.79 Å². The van der Waals surface area contributed by atoms with Crippen molar-refractivity contribution in [1.29, 1.82) is 0 Å². The van der Waals surface area contributed by atoms with Crippen LogP contribution in [0.1, 0.15) is 0 Å². The third-order valence-electron chi connectivity index (χ3n) is 3.10. The van der Waals surface area contributed by atoms with Crippen molar-refractivity contribution in [3.63, 3.8) is 0 Å². The Kier molecular flexibility index (Phi) is 5.47. The van der Waals surface area contributed by atoms with E-state index in [1.54, 1.807) is 31.3 Å². The molecule has 9 heteroatoms. The summed E-state index contributed by atoms with van der Waals surface area (Å²) in [6, 6.07) is 16.6. The summed E-state index contributed by atoms with van der Waals surface area (Å²) in [5.41, 5.74) is 2.19. The highest BCUT2D eigenvalue weighted by atomic mass is 32.2. The van der Waals surface area contributed by atoms with Gasteiger partial charge in [0.1, 0.15) is 0 Å². The molecule has 0 aliphatic carbocycles. The fourth-order valence-electron chi connectivity index (χ4n) is 1.89. The molecule has 25 heavy (non-hydrogen) atoms. The number of anilines is 1. The molecule has 0 atom stereocenters. The van der Waals surface area contributed by atoms with Crippen molar-refractivity contribution in [2.75, 3.05) is 11.1 Å². The average molecular weight is 353 g/mol. The van der Waals surface area contributed by atoms with Gasteiger partial charge in [-0.15, -0.1) is 5.10 Å². The van der Waals surface area contributed by atoms with Crippen molar-refractivity contribution in [3.8, 4) is 0 Å². The lowest BCUT2D eigenvalue weighted by Crippen LogP contribution is -2.14. The maximum Gasteiger partial charge on any atom is 0.234 e. The summed E-state index contributed by atoms with van der Waals surface area (Å²) in [4.78, 5) is 12.0. The number of rotatable bonds is 6. The molecule has 3 aromatic rings. The summed E-state index contributed by atoms with van der Waals surface area (Å²) >= 11 is 1.27. The summed E-state index contributed by atoms with van der Waals surface area (Å²) in [7, 11) is 1.73. The number of nitrogens with zero attached hydrogens (tertiary/aromatic N) is 6. The van der Waals surface area contributed by atoms with Gasteiger partial charge in [-0.05, 0) is 46.8 Å². The van der Waals surface area contributed by atoms with Crippen LogP contribution in [0.4, 0.5) is 17.1 Å². The number of aromatic nitrogens is 4. The molecule has 0 aliphatic heterocycles. The van der Waals surface area contributed by atoms with E-state index in [1.807, 2.05) is 30.3 Å². The van der Waals surface area contributed by atoms with Gasteiger partial charge < -0.3 is 5.32 Å². The van der Waals surface area contributed by atoms with Crippen molar-refractivity contribution in [1.82, 2.24) is 20.2 Å². The lowest BCUT2D eigenvalue weighted by atomic mass is 10.3. The average Bonchev–Trinajstić information content (AvgIpc) is 3.05. The van der Waals surface area contributed by atoms with Gasteiger partial charge in [0, 0.05) is 12.7 Å². The zero-order chi connectivity index (χ0) is 17.5. The molecule has 8 nitrogen and oxygen atoms in total. The number of hydrogen-bond acceptors (Lipinski definition) is 7. The Morgan fingerprint density at radius 2 is 1.76 bits per heavy atom. The van der Waals surface area contributed by atoms with E-state index in [-0.39, 0.29) is 11.7 Å². The van der Waals surface area contributed by atoms with Crippen molar-refractivity contribution in [2.45, 2.75) is 5.16 Å². The van der Waals surface area contributed by atoms with Crippen LogP contribution in [0, 0.1) is 0 Å². The van der Waals surface area contributed by atoms with Crippen molar-refractivity contribution >= 4 is 34.7 Å². The minimum Gasteiger partial charge on any atom is -0.325 e. The van der Waals surface area contributed by atoms with Crippen LogP contribution < -0.4 is 5.32 Å². The highest BCUT2D eigenvalue weighted by Crippen LogP contribution is 2.20. The maximum atomic E-state index is 12.0. The largest absolute Gasteiger partial charge is 0.325 e. The molecule has 126 valence electrons. The summed E-state index contributed by atoms with van der Waals surface area (Å²) < 4.78 is 1.52. The second kappa shape index (κ2) is 8.15. The Morgan fingerprint density at radius 3 is 2.40 bits per heavy atom. The molecule has 2 aromatic carbocycles. The van der Waals surface area contributed by atoms with Crippen LogP contribution in [-0.4, -0.2) is 31.9 Å². The van der Waals surface area contributed by atoms with E-state index in [9.17, 15) is 4.79 Å². The third kappa shape index (κ3) is 4.95. The molecular weight excluding hydrogens is 338 g/mol. The summed E-state index contributed by atoms with van der Waals surface area (Å²) in [6.07, 6.45) is 0. The molecule has 0 saturated carbocycles. The molecule has 0 bridgehead atoms. The fraction of sp³-hybridized carbons (Fsp3) is 0.125. The van der Waals surface area contributed by atoms with E-state index < -0.39 is 0 Å². The molecule has 3 rings (SSSR count). The van der Waals surface area contributed by atoms with E-state index in [0.717, 1.165) is 5.69 Å². The maximum absolute atomic E-state index is 12.0. The molecular formula is C16H15N7OS. The zero-order valence-corrected chi connectivity index (χ0v) is 14.2. The van der Waals surface area contributed by atoms with Gasteiger partial charge in [0.05, 0.1) is 17.1 Å². The quantitative estimate of drug-likeness (QED) is 0.541. The van der Waals surface area contributed by atoms with E-state index in [4.69, 9.17) is 0 Å². The van der Waals surface area contributed by atoms with Gasteiger partial charge in [0.25, 0.3) is 0 Å². The van der Waals surface area contributed by atoms with Crippen molar-refractivity contribution in [3.05, 3.63) is 54.6 Å². The number of hydrogen-bond donors (Lipinski definition) is 1. The van der Waals surface area contributed by atoms with Crippen molar-refractivity contribution in [2.24, 2.45) is 17.3 Å². The number of amides is 1. The smallest absolute Gasteiger partial charge is 0.234 e. The second-order valence-electron chi connectivity index (χ2n) is 5.00. The van der Waals surface area contributed by atoms with Crippen LogP contribution in [0.3, 0.4) is 0 Å². The van der Waals surface area contributed by atoms with E-state index in [0.29, 0.717) is 16.5 Å². The van der Waals surface area contributed by atoms with Crippen LogP contribution in [-0.2, 0) is 11.8 Å². The summed E-state index contributed by atoms with van der Waals surface area (Å²) in [5, 5.41) is 22.8. The predicted octanol–water partition coefficient (Wildman–Crippen LogP) is 3.36. The fourth-order valence-corrected chi connectivity index (χ4v) is 2.54. The lowest BCUT2D eigenvalue weighted by molar-refractivity contribution is -0.113. The molecule has 0 saturated heterocycles. The molecule has 0 aliphatic rings. The monoisotopic (exact) mass is 353 g/mol. The number of thioether (sulfide) groups is 1. The number of azo groups is 1. The predicted molar refractivity (Wildman–Crippen MR) is 95.2 cm³/mol. The van der Waals surface area contributed by atoms with Crippen LogP contribution in [0.5, 0.6) is 0 Å². The number of aryl methyl sites for hydroxylation is 1. The molecule has 0 spiro atoms. The molecule has 0 unspecified atom stereocenters. The normalized spacial score (nSPS) is 10.9. The van der Waals surface area contributed by atoms with E-state index in [2.05, 4.69) is 31.1 Å². The Hall–Kier alpha value is -3.07. The van der Waals surface area contributed by atoms with Crippen LogP contribution >= 0.6 is 11.8 Å². The molecule has 0 radical (unpaired) electrons. The Labute approximate surface area is 148 Å². The molecule has 1 N–H and O–H groups in total. The standard InChI is InChI=1S/C16H15N7OS/c1-23-16(20-21-22-23)25-11-15(24)17-12-7-9-14(10-8-12)19-18-13-5-3-2-4-6-13/h2-10H,11H2,1H3,(H,17,24). The third-order valence-corrected chi connectivity index (χ3v) is 4.11.